The summed E-state index contributed by atoms with van der Waals surface area (Å²) in [6, 6.07) is 5.67. The molecule has 1 aromatic carbocycles. The Morgan fingerprint density at radius 2 is 2.12 bits per heavy atom. The molecule has 2 aromatic rings. The first-order valence-electron chi connectivity index (χ1n) is 4.53. The minimum absolute atomic E-state index is 0.0782. The highest BCUT2D eigenvalue weighted by molar-refractivity contribution is 9.10. The molecule has 5 heteroatoms. The molecule has 0 spiro atoms. The third-order valence-electron chi connectivity index (χ3n) is 2.23. The molecule has 0 aliphatic carbocycles. The first-order valence-corrected chi connectivity index (χ1v) is 5.70. The number of nitrogens with two attached hydrogens (primary N) is 1. The average molecular weight is 305 g/mol. The molecule has 1 atom stereocenters. The van der Waals surface area contributed by atoms with Crippen molar-refractivity contribution in [2.24, 2.45) is 5.73 Å². The van der Waals surface area contributed by atoms with Crippen LogP contribution in [-0.2, 0) is 0 Å². The fourth-order valence-corrected chi connectivity index (χ4v) is 1.95. The molecule has 2 nitrogen and oxygen atoms in total. The first kappa shape index (κ1) is 11.6. The van der Waals surface area contributed by atoms with E-state index in [2.05, 4.69) is 15.9 Å². The van der Waals surface area contributed by atoms with Gasteiger partial charge in [-0.15, -0.1) is 0 Å². The van der Waals surface area contributed by atoms with Crippen LogP contribution >= 0.6 is 27.5 Å². The Balaban J connectivity index is 2.38. The van der Waals surface area contributed by atoms with Crippen LogP contribution in [0.2, 0.25) is 5.02 Å². The molecule has 2 N–H and O–H groups in total. The molecule has 0 aliphatic heterocycles. The van der Waals surface area contributed by atoms with E-state index < -0.39 is 11.9 Å². The van der Waals surface area contributed by atoms with Gasteiger partial charge in [0.15, 0.2) is 0 Å². The van der Waals surface area contributed by atoms with E-state index in [0.717, 1.165) is 4.47 Å². The van der Waals surface area contributed by atoms with Gasteiger partial charge >= 0.3 is 0 Å². The monoisotopic (exact) mass is 303 g/mol. The molecular formula is C11H8BrClFNO. The summed E-state index contributed by atoms with van der Waals surface area (Å²) in [4.78, 5) is 0. The van der Waals surface area contributed by atoms with Crippen LogP contribution in [0.15, 0.2) is 39.4 Å². The molecule has 0 saturated carbocycles. The number of hydrogen-bond acceptors (Lipinski definition) is 2. The number of rotatable bonds is 2. The topological polar surface area (TPSA) is 39.2 Å². The van der Waals surface area contributed by atoms with Crippen LogP contribution in [0.3, 0.4) is 0 Å². The third-order valence-corrected chi connectivity index (χ3v) is 3.19. The zero-order valence-electron chi connectivity index (χ0n) is 8.08. The second-order valence-corrected chi connectivity index (χ2v) is 4.55. The third kappa shape index (κ3) is 2.14. The van der Waals surface area contributed by atoms with Crippen molar-refractivity contribution < 1.29 is 8.81 Å². The summed E-state index contributed by atoms with van der Waals surface area (Å²) < 4.78 is 19.2. The van der Waals surface area contributed by atoms with Crippen molar-refractivity contribution in [1.82, 2.24) is 0 Å². The molecule has 16 heavy (non-hydrogen) atoms. The molecule has 1 aromatic heterocycles. The quantitative estimate of drug-likeness (QED) is 0.914. The Bertz CT molecular complexity index is 514. The smallest absolute Gasteiger partial charge is 0.142 e. The van der Waals surface area contributed by atoms with E-state index in [4.69, 9.17) is 21.8 Å². The second kappa shape index (κ2) is 4.57. The Hall–Kier alpha value is -0.840. The van der Waals surface area contributed by atoms with Gasteiger partial charge in [0.2, 0.25) is 0 Å². The van der Waals surface area contributed by atoms with Crippen LogP contribution in [0, 0.1) is 5.82 Å². The SMILES string of the molecule is NC(c1ccc(Cl)c(F)c1)c1occc1Br. The number of hydrogen-bond donors (Lipinski definition) is 1. The highest BCUT2D eigenvalue weighted by Crippen LogP contribution is 2.29. The largest absolute Gasteiger partial charge is 0.466 e. The zero-order valence-corrected chi connectivity index (χ0v) is 10.4. The molecule has 84 valence electrons. The molecule has 0 saturated heterocycles. The van der Waals surface area contributed by atoms with Crippen molar-refractivity contribution in [2.75, 3.05) is 0 Å². The zero-order chi connectivity index (χ0) is 11.7. The van der Waals surface area contributed by atoms with Gasteiger partial charge in [0.25, 0.3) is 0 Å². The predicted octanol–water partition coefficient (Wildman–Crippen LogP) is 3.88. The molecule has 0 bridgehead atoms. The second-order valence-electron chi connectivity index (χ2n) is 3.28. The van der Waals surface area contributed by atoms with Crippen molar-refractivity contribution in [3.8, 4) is 0 Å². The van der Waals surface area contributed by atoms with E-state index in [1.54, 1.807) is 12.1 Å². The van der Waals surface area contributed by atoms with Gasteiger partial charge in [-0.2, -0.15) is 0 Å². The van der Waals surface area contributed by atoms with Crippen molar-refractivity contribution in [3.63, 3.8) is 0 Å². The molecule has 0 aliphatic rings. The van der Waals surface area contributed by atoms with Crippen LogP contribution < -0.4 is 5.73 Å². The van der Waals surface area contributed by atoms with E-state index in [1.165, 1.54) is 18.4 Å². The van der Waals surface area contributed by atoms with E-state index in [9.17, 15) is 4.39 Å². The maximum Gasteiger partial charge on any atom is 0.142 e. The lowest BCUT2D eigenvalue weighted by Crippen LogP contribution is -2.11. The number of halogens is 3. The van der Waals surface area contributed by atoms with Crippen molar-refractivity contribution in [3.05, 3.63) is 57.2 Å². The highest BCUT2D eigenvalue weighted by Gasteiger charge is 2.16. The lowest BCUT2D eigenvalue weighted by molar-refractivity contribution is 0.486. The first-order chi connectivity index (χ1) is 7.59. The Kier molecular flexibility index (Phi) is 3.33. The Morgan fingerprint density at radius 1 is 1.38 bits per heavy atom. The molecular weight excluding hydrogens is 296 g/mol. The predicted molar refractivity (Wildman–Crippen MR) is 63.8 cm³/mol. The number of furan rings is 1. The van der Waals surface area contributed by atoms with Gasteiger partial charge in [-0.1, -0.05) is 17.7 Å². The van der Waals surface area contributed by atoms with Gasteiger partial charge in [-0.25, -0.2) is 4.39 Å². The molecule has 1 heterocycles. The lowest BCUT2D eigenvalue weighted by atomic mass is 10.1. The summed E-state index contributed by atoms with van der Waals surface area (Å²) >= 11 is 8.90. The van der Waals surface area contributed by atoms with Gasteiger partial charge in [0.1, 0.15) is 11.6 Å². The fourth-order valence-electron chi connectivity index (χ4n) is 1.38. The Labute approximate surface area is 105 Å². The minimum atomic E-state index is -0.517. The van der Waals surface area contributed by atoms with Crippen molar-refractivity contribution in [2.45, 2.75) is 6.04 Å². The van der Waals surface area contributed by atoms with Crippen molar-refractivity contribution in [1.29, 1.82) is 0 Å². The van der Waals surface area contributed by atoms with Gasteiger partial charge in [-0.3, -0.25) is 0 Å². The molecule has 0 fully saturated rings. The lowest BCUT2D eigenvalue weighted by Gasteiger charge is -2.10. The standard InChI is InChI=1S/C11H8BrClFNO/c12-7-3-4-16-11(7)10(15)6-1-2-8(13)9(14)5-6/h1-5,10H,15H2. The van der Waals surface area contributed by atoms with Crippen LogP contribution in [0.4, 0.5) is 4.39 Å². The van der Waals surface area contributed by atoms with Crippen LogP contribution in [0.25, 0.3) is 0 Å². The van der Waals surface area contributed by atoms with Gasteiger partial charge in [0, 0.05) is 0 Å². The minimum Gasteiger partial charge on any atom is -0.466 e. The molecule has 0 amide bonds. The maximum atomic E-state index is 13.3. The summed E-state index contributed by atoms with van der Waals surface area (Å²) in [6.07, 6.45) is 1.52. The summed E-state index contributed by atoms with van der Waals surface area (Å²) in [6.45, 7) is 0. The van der Waals surface area contributed by atoms with E-state index >= 15 is 0 Å². The maximum absolute atomic E-state index is 13.3. The van der Waals surface area contributed by atoms with Crippen LogP contribution in [0.5, 0.6) is 0 Å². The Morgan fingerprint density at radius 3 is 2.69 bits per heavy atom. The van der Waals surface area contributed by atoms with E-state index in [0.29, 0.717) is 11.3 Å². The number of benzene rings is 1. The van der Waals surface area contributed by atoms with Gasteiger partial charge in [0.05, 0.1) is 21.8 Å². The fraction of sp³-hybridized carbons (Fsp3) is 0.0909. The molecule has 0 radical (unpaired) electrons. The van der Waals surface area contributed by atoms with Gasteiger partial charge < -0.3 is 10.2 Å². The van der Waals surface area contributed by atoms with Crippen LogP contribution in [-0.4, -0.2) is 0 Å². The highest BCUT2D eigenvalue weighted by atomic mass is 79.9. The van der Waals surface area contributed by atoms with Crippen LogP contribution in [0.1, 0.15) is 17.4 Å². The summed E-state index contributed by atoms with van der Waals surface area (Å²) in [5.41, 5.74) is 6.56. The average Bonchev–Trinajstić information content (AvgIpc) is 2.67. The molecule has 1 unspecified atom stereocenters. The molecule has 2 rings (SSSR count). The van der Waals surface area contributed by atoms with E-state index in [1.807, 2.05) is 0 Å². The summed E-state index contributed by atoms with van der Waals surface area (Å²) in [5, 5.41) is 0.0782. The van der Waals surface area contributed by atoms with Crippen molar-refractivity contribution >= 4 is 27.5 Å². The van der Waals surface area contributed by atoms with E-state index in [-0.39, 0.29) is 5.02 Å². The normalized spacial score (nSPS) is 12.8. The summed E-state index contributed by atoms with van der Waals surface area (Å²) in [7, 11) is 0. The summed E-state index contributed by atoms with van der Waals surface area (Å²) in [5.74, 6) is 0.0685. The van der Waals surface area contributed by atoms with Gasteiger partial charge in [-0.05, 0) is 39.7 Å².